The van der Waals surface area contributed by atoms with Crippen molar-refractivity contribution in [2.24, 2.45) is 0 Å². The van der Waals surface area contributed by atoms with E-state index in [1.165, 1.54) is 19.2 Å². The van der Waals surface area contributed by atoms with Crippen molar-refractivity contribution in [3.05, 3.63) is 23.8 Å². The van der Waals surface area contributed by atoms with Gasteiger partial charge in [-0.05, 0) is 49.9 Å². The van der Waals surface area contributed by atoms with E-state index in [1.54, 1.807) is 17.9 Å². The Balaban J connectivity index is 1.90. The fourth-order valence-corrected chi connectivity index (χ4v) is 5.50. The molecule has 2 aliphatic rings. The van der Waals surface area contributed by atoms with Crippen LogP contribution < -0.4 is 4.74 Å². The summed E-state index contributed by atoms with van der Waals surface area (Å²) in [6.45, 7) is 2.99. The quantitative estimate of drug-likeness (QED) is 0.781. The van der Waals surface area contributed by atoms with Gasteiger partial charge in [-0.1, -0.05) is 12.8 Å². The number of aryl methyl sites for hydroxylation is 1. The van der Waals surface area contributed by atoms with E-state index in [2.05, 4.69) is 0 Å². The maximum atomic E-state index is 13.2. The predicted octanol–water partition coefficient (Wildman–Crippen LogP) is 2.09. The largest absolute Gasteiger partial charge is 0.496 e. The highest BCUT2D eigenvalue weighted by molar-refractivity contribution is 7.89. The van der Waals surface area contributed by atoms with Crippen molar-refractivity contribution in [3.8, 4) is 5.75 Å². The van der Waals surface area contributed by atoms with Gasteiger partial charge in [0.25, 0.3) is 10.0 Å². The molecule has 0 N–H and O–H groups in total. The number of amides is 2. The molecule has 1 atom stereocenters. The number of carbonyl (C=O) groups excluding carboxylic acids is 2. The molecule has 2 saturated heterocycles. The summed E-state index contributed by atoms with van der Waals surface area (Å²) in [6, 6.07) is 3.52. The van der Waals surface area contributed by atoms with Gasteiger partial charge in [-0.15, -0.1) is 0 Å². The van der Waals surface area contributed by atoms with Gasteiger partial charge < -0.3 is 9.64 Å². The van der Waals surface area contributed by atoms with E-state index in [-0.39, 0.29) is 23.6 Å². The summed E-state index contributed by atoms with van der Waals surface area (Å²) in [5.41, 5.74) is 0.653. The number of benzene rings is 1. The third-order valence-electron chi connectivity index (χ3n) is 5.29. The first kappa shape index (κ1) is 19.7. The minimum atomic E-state index is -4.10. The van der Waals surface area contributed by atoms with Crippen molar-refractivity contribution in [3.63, 3.8) is 0 Å². The second-order valence-electron chi connectivity index (χ2n) is 7.12. The summed E-state index contributed by atoms with van der Waals surface area (Å²) in [4.78, 5) is 27.1. The lowest BCUT2D eigenvalue weighted by molar-refractivity contribution is -0.137. The third kappa shape index (κ3) is 3.81. The lowest BCUT2D eigenvalue weighted by atomic mass is 10.2. The number of rotatable bonds is 4. The van der Waals surface area contributed by atoms with Gasteiger partial charge in [0.2, 0.25) is 11.8 Å². The number of hydrogen-bond donors (Lipinski definition) is 0. The van der Waals surface area contributed by atoms with E-state index in [9.17, 15) is 18.0 Å². The van der Waals surface area contributed by atoms with Crippen LogP contribution in [0.4, 0.5) is 0 Å². The average Bonchev–Trinajstić information content (AvgIpc) is 2.86. The number of carbonyl (C=O) groups is 2. The highest BCUT2D eigenvalue weighted by Gasteiger charge is 2.45. The molecule has 0 unspecified atom stereocenters. The molecule has 0 radical (unpaired) electrons. The molecule has 0 aromatic heterocycles. The molecule has 0 spiro atoms. The van der Waals surface area contributed by atoms with Gasteiger partial charge in [-0.2, -0.15) is 0 Å². The Labute approximate surface area is 160 Å². The summed E-state index contributed by atoms with van der Waals surface area (Å²) in [5, 5.41) is 0. The maximum Gasteiger partial charge on any atom is 0.267 e. The number of sulfonamides is 1. The van der Waals surface area contributed by atoms with E-state index in [0.717, 1.165) is 30.0 Å². The van der Waals surface area contributed by atoms with E-state index < -0.39 is 22.0 Å². The monoisotopic (exact) mass is 394 g/mol. The smallest absolute Gasteiger partial charge is 0.267 e. The van der Waals surface area contributed by atoms with Crippen LogP contribution in [0.1, 0.15) is 44.1 Å². The second kappa shape index (κ2) is 7.88. The second-order valence-corrected chi connectivity index (χ2v) is 8.93. The fraction of sp³-hybridized carbons (Fsp3) is 0.579. The van der Waals surface area contributed by atoms with E-state index in [4.69, 9.17) is 4.74 Å². The van der Waals surface area contributed by atoms with Crippen LogP contribution in [0.15, 0.2) is 23.1 Å². The fourth-order valence-electron chi connectivity index (χ4n) is 3.81. The normalized spacial score (nSPS) is 21.3. The zero-order valence-corrected chi connectivity index (χ0v) is 16.6. The average molecular weight is 394 g/mol. The molecule has 1 aromatic rings. The predicted molar refractivity (Wildman–Crippen MR) is 99.8 cm³/mol. The molecule has 2 amide bonds. The van der Waals surface area contributed by atoms with Gasteiger partial charge in [-0.3, -0.25) is 9.59 Å². The van der Waals surface area contributed by atoms with E-state index >= 15 is 0 Å². The lowest BCUT2D eigenvalue weighted by Crippen LogP contribution is -2.49. The molecule has 0 aliphatic carbocycles. The molecular weight excluding hydrogens is 368 g/mol. The van der Waals surface area contributed by atoms with Crippen molar-refractivity contribution in [2.75, 3.05) is 20.2 Å². The molecule has 2 aliphatic heterocycles. The number of ether oxygens (including phenoxy) is 1. The minimum absolute atomic E-state index is 0.00437. The van der Waals surface area contributed by atoms with Crippen LogP contribution in [0.5, 0.6) is 5.75 Å². The highest BCUT2D eigenvalue weighted by atomic mass is 32.2. The van der Waals surface area contributed by atoms with Crippen molar-refractivity contribution in [2.45, 2.75) is 56.4 Å². The summed E-state index contributed by atoms with van der Waals surface area (Å²) in [5.74, 6) is -0.202. The Bertz CT molecular complexity index is 829. The van der Waals surface area contributed by atoms with Crippen molar-refractivity contribution >= 4 is 21.8 Å². The maximum absolute atomic E-state index is 13.2. The van der Waals surface area contributed by atoms with Gasteiger partial charge in [0.15, 0.2) is 0 Å². The van der Waals surface area contributed by atoms with Gasteiger partial charge in [0.05, 0.1) is 12.0 Å². The van der Waals surface area contributed by atoms with Crippen LogP contribution in [0.3, 0.4) is 0 Å². The summed E-state index contributed by atoms with van der Waals surface area (Å²) >= 11 is 0. The molecule has 3 rings (SSSR count). The van der Waals surface area contributed by atoms with Crippen LogP contribution >= 0.6 is 0 Å². The zero-order valence-electron chi connectivity index (χ0n) is 15.8. The first-order valence-corrected chi connectivity index (χ1v) is 10.8. The van der Waals surface area contributed by atoms with Gasteiger partial charge in [0, 0.05) is 19.5 Å². The third-order valence-corrected chi connectivity index (χ3v) is 7.11. The molecule has 2 heterocycles. The Hall–Kier alpha value is -2.09. The van der Waals surface area contributed by atoms with Gasteiger partial charge in [-0.25, -0.2) is 12.7 Å². The molecule has 7 nitrogen and oxygen atoms in total. The molecule has 0 saturated carbocycles. The zero-order chi connectivity index (χ0) is 19.6. The van der Waals surface area contributed by atoms with Crippen LogP contribution in [0.25, 0.3) is 0 Å². The summed E-state index contributed by atoms with van der Waals surface area (Å²) in [6.07, 6.45) is 4.27. The summed E-state index contributed by atoms with van der Waals surface area (Å²) < 4.78 is 32.3. The van der Waals surface area contributed by atoms with Crippen LogP contribution in [0.2, 0.25) is 0 Å². The highest BCUT2D eigenvalue weighted by Crippen LogP contribution is 2.31. The van der Waals surface area contributed by atoms with Gasteiger partial charge in [0.1, 0.15) is 11.8 Å². The first-order chi connectivity index (χ1) is 12.9. The van der Waals surface area contributed by atoms with Crippen LogP contribution in [-0.4, -0.2) is 55.7 Å². The Kier molecular flexibility index (Phi) is 5.74. The molecule has 148 valence electrons. The topological polar surface area (TPSA) is 84.0 Å². The number of methoxy groups -OCH3 is 1. The Morgan fingerprint density at radius 1 is 1.15 bits per heavy atom. The number of hydrogen-bond acceptors (Lipinski definition) is 5. The molecule has 1 aromatic carbocycles. The number of likely N-dealkylation sites (tertiary alicyclic amines) is 1. The summed E-state index contributed by atoms with van der Waals surface area (Å²) in [7, 11) is -2.59. The Morgan fingerprint density at radius 2 is 1.81 bits per heavy atom. The van der Waals surface area contributed by atoms with Gasteiger partial charge >= 0.3 is 0 Å². The molecule has 8 heteroatoms. The van der Waals surface area contributed by atoms with E-state index in [0.29, 0.717) is 24.4 Å². The molecule has 2 fully saturated rings. The minimum Gasteiger partial charge on any atom is -0.496 e. The molecule has 27 heavy (non-hydrogen) atoms. The van der Waals surface area contributed by atoms with Crippen LogP contribution in [-0.2, 0) is 19.6 Å². The standard InChI is InChI=1S/C19H26N2O5S/c1-14-13-15(7-9-17(14)26-2)27(24,25)21-16(8-10-18(21)22)19(23)20-11-5-3-4-6-12-20/h7,9,13,16H,3-6,8,10-12H2,1-2H3/t16-/m1/s1. The molecular formula is C19H26N2O5S. The SMILES string of the molecule is COc1ccc(S(=O)(=O)N2C(=O)CC[C@@H]2C(=O)N2CCCCCC2)cc1C. The van der Waals surface area contributed by atoms with Crippen molar-refractivity contribution in [1.82, 2.24) is 9.21 Å². The van der Waals surface area contributed by atoms with Crippen LogP contribution in [0, 0.1) is 6.92 Å². The van der Waals surface area contributed by atoms with E-state index in [1.807, 2.05) is 0 Å². The van der Waals surface area contributed by atoms with Crippen molar-refractivity contribution in [1.29, 1.82) is 0 Å². The lowest BCUT2D eigenvalue weighted by Gasteiger charge is -2.29. The first-order valence-electron chi connectivity index (χ1n) is 9.37. The number of nitrogens with zero attached hydrogens (tertiary/aromatic N) is 2. The van der Waals surface area contributed by atoms with Crippen molar-refractivity contribution < 1.29 is 22.7 Å². The molecule has 0 bridgehead atoms. The Morgan fingerprint density at radius 3 is 2.41 bits per heavy atom.